The van der Waals surface area contributed by atoms with Gasteiger partial charge in [-0.2, -0.15) is 11.8 Å². The van der Waals surface area contributed by atoms with Crippen molar-refractivity contribution in [3.63, 3.8) is 0 Å². The van der Waals surface area contributed by atoms with E-state index in [2.05, 4.69) is 23.1 Å². The van der Waals surface area contributed by atoms with Crippen LogP contribution in [-0.2, 0) is 22.4 Å². The molecule has 25 heavy (non-hydrogen) atoms. The average Bonchev–Trinajstić information content (AvgIpc) is 3.14. The SMILES string of the molecule is O=C(C1CN(CCc2ccc3c(c2)CCO3)CCO1)N1CCSCC1. The number of nitrogens with zero attached hydrogens (tertiary/aromatic N) is 2. The number of carbonyl (C=O) groups is 1. The number of carbonyl (C=O) groups excluding carboxylic acids is 1. The number of benzene rings is 1. The van der Waals surface area contributed by atoms with Crippen LogP contribution in [-0.4, -0.2) is 79.3 Å². The number of amides is 1. The standard InChI is InChI=1S/C19H26N2O3S/c22-19(21-7-11-25-12-8-21)18-14-20(6-10-24-18)5-3-15-1-2-17-16(13-15)4-9-23-17/h1-2,13,18H,3-12,14H2. The summed E-state index contributed by atoms with van der Waals surface area (Å²) in [5.41, 5.74) is 2.68. The van der Waals surface area contributed by atoms with Crippen molar-refractivity contribution in [1.29, 1.82) is 0 Å². The van der Waals surface area contributed by atoms with Crippen LogP contribution in [0, 0.1) is 0 Å². The van der Waals surface area contributed by atoms with E-state index in [9.17, 15) is 4.79 Å². The molecule has 6 heteroatoms. The summed E-state index contributed by atoms with van der Waals surface area (Å²) in [6, 6.07) is 6.53. The molecule has 0 aliphatic carbocycles. The molecule has 2 fully saturated rings. The van der Waals surface area contributed by atoms with Gasteiger partial charge in [0.25, 0.3) is 5.91 Å². The van der Waals surface area contributed by atoms with Crippen molar-refractivity contribution in [3.05, 3.63) is 29.3 Å². The highest BCUT2D eigenvalue weighted by molar-refractivity contribution is 7.99. The Balaban J connectivity index is 1.30. The molecule has 0 N–H and O–H groups in total. The Hall–Kier alpha value is -1.24. The van der Waals surface area contributed by atoms with Crippen LogP contribution in [0.2, 0.25) is 0 Å². The monoisotopic (exact) mass is 362 g/mol. The maximum atomic E-state index is 12.7. The second-order valence-corrected chi connectivity index (χ2v) is 8.11. The lowest BCUT2D eigenvalue weighted by atomic mass is 10.1. The Labute approximate surface area is 153 Å². The van der Waals surface area contributed by atoms with Crippen LogP contribution in [0.3, 0.4) is 0 Å². The van der Waals surface area contributed by atoms with E-state index in [-0.39, 0.29) is 12.0 Å². The molecule has 3 aliphatic rings. The average molecular weight is 362 g/mol. The first kappa shape index (κ1) is 17.2. The number of morpholine rings is 1. The molecule has 3 aliphatic heterocycles. The van der Waals surface area contributed by atoms with Gasteiger partial charge in [0.1, 0.15) is 11.9 Å². The predicted octanol–water partition coefficient (Wildman–Crippen LogP) is 1.44. The zero-order valence-corrected chi connectivity index (χ0v) is 15.4. The van der Waals surface area contributed by atoms with Gasteiger partial charge in [-0.15, -0.1) is 0 Å². The summed E-state index contributed by atoms with van der Waals surface area (Å²) >= 11 is 1.92. The fraction of sp³-hybridized carbons (Fsp3) is 0.632. The van der Waals surface area contributed by atoms with E-state index in [0.717, 1.165) is 69.4 Å². The first-order chi connectivity index (χ1) is 12.3. The van der Waals surface area contributed by atoms with E-state index in [1.165, 1.54) is 11.1 Å². The van der Waals surface area contributed by atoms with Crippen molar-refractivity contribution in [3.8, 4) is 5.75 Å². The minimum absolute atomic E-state index is 0.180. The molecule has 0 bridgehead atoms. The third kappa shape index (κ3) is 4.13. The summed E-state index contributed by atoms with van der Waals surface area (Å²) in [7, 11) is 0. The van der Waals surface area contributed by atoms with Crippen molar-refractivity contribution < 1.29 is 14.3 Å². The Bertz CT molecular complexity index is 619. The molecule has 1 aromatic rings. The third-order valence-electron chi connectivity index (χ3n) is 5.22. The fourth-order valence-electron chi connectivity index (χ4n) is 3.73. The van der Waals surface area contributed by atoms with E-state index < -0.39 is 0 Å². The van der Waals surface area contributed by atoms with Crippen LogP contribution in [0.5, 0.6) is 5.75 Å². The lowest BCUT2D eigenvalue weighted by Gasteiger charge is -2.36. The largest absolute Gasteiger partial charge is 0.493 e. The van der Waals surface area contributed by atoms with Crippen molar-refractivity contribution >= 4 is 17.7 Å². The Morgan fingerprint density at radius 2 is 2.08 bits per heavy atom. The van der Waals surface area contributed by atoms with Gasteiger partial charge in [0.15, 0.2) is 0 Å². The van der Waals surface area contributed by atoms with Gasteiger partial charge in [-0.25, -0.2) is 0 Å². The van der Waals surface area contributed by atoms with Gasteiger partial charge in [0.05, 0.1) is 13.2 Å². The fourth-order valence-corrected chi connectivity index (χ4v) is 4.63. The van der Waals surface area contributed by atoms with Gasteiger partial charge >= 0.3 is 0 Å². The van der Waals surface area contributed by atoms with Crippen LogP contribution >= 0.6 is 11.8 Å². The Kier molecular flexibility index (Phi) is 5.48. The summed E-state index contributed by atoms with van der Waals surface area (Å²) < 4.78 is 11.4. The van der Waals surface area contributed by atoms with Crippen LogP contribution in [0.15, 0.2) is 18.2 Å². The van der Waals surface area contributed by atoms with E-state index in [1.54, 1.807) is 0 Å². The van der Waals surface area contributed by atoms with Crippen molar-refractivity contribution in [2.75, 3.05) is 57.4 Å². The quantitative estimate of drug-likeness (QED) is 0.811. The highest BCUT2D eigenvalue weighted by atomic mass is 32.2. The number of thioether (sulfide) groups is 1. The Morgan fingerprint density at radius 1 is 1.20 bits per heavy atom. The number of ether oxygens (including phenoxy) is 2. The topological polar surface area (TPSA) is 42.0 Å². The predicted molar refractivity (Wildman–Crippen MR) is 99.4 cm³/mol. The highest BCUT2D eigenvalue weighted by Gasteiger charge is 2.30. The van der Waals surface area contributed by atoms with Crippen molar-refractivity contribution in [2.45, 2.75) is 18.9 Å². The summed E-state index contributed by atoms with van der Waals surface area (Å²) in [5, 5.41) is 0. The molecule has 0 aromatic heterocycles. The lowest BCUT2D eigenvalue weighted by Crippen LogP contribution is -2.52. The first-order valence-electron chi connectivity index (χ1n) is 9.25. The zero-order valence-electron chi connectivity index (χ0n) is 14.6. The van der Waals surface area contributed by atoms with Crippen LogP contribution < -0.4 is 4.74 Å². The van der Waals surface area contributed by atoms with Crippen LogP contribution in [0.4, 0.5) is 0 Å². The lowest BCUT2D eigenvalue weighted by molar-refractivity contribution is -0.149. The van der Waals surface area contributed by atoms with E-state index >= 15 is 0 Å². The molecular formula is C19H26N2O3S. The van der Waals surface area contributed by atoms with Gasteiger partial charge in [-0.3, -0.25) is 9.69 Å². The molecule has 1 amide bonds. The Morgan fingerprint density at radius 3 is 2.96 bits per heavy atom. The normalized spacial score (nSPS) is 24.0. The molecule has 0 radical (unpaired) electrons. The molecule has 1 aromatic carbocycles. The smallest absolute Gasteiger partial charge is 0.253 e. The summed E-state index contributed by atoms with van der Waals surface area (Å²) in [6.45, 7) is 5.78. The minimum atomic E-state index is -0.287. The molecule has 1 unspecified atom stereocenters. The van der Waals surface area contributed by atoms with Gasteiger partial charge < -0.3 is 14.4 Å². The van der Waals surface area contributed by atoms with E-state index in [1.807, 2.05) is 16.7 Å². The van der Waals surface area contributed by atoms with Gasteiger partial charge in [0.2, 0.25) is 0 Å². The maximum absolute atomic E-state index is 12.7. The molecule has 0 saturated carbocycles. The zero-order chi connectivity index (χ0) is 17.1. The number of fused-ring (bicyclic) bond motifs is 1. The maximum Gasteiger partial charge on any atom is 0.253 e. The minimum Gasteiger partial charge on any atom is -0.493 e. The summed E-state index contributed by atoms with van der Waals surface area (Å²) in [4.78, 5) is 17.0. The molecule has 136 valence electrons. The molecule has 2 saturated heterocycles. The van der Waals surface area contributed by atoms with Gasteiger partial charge in [0, 0.05) is 50.7 Å². The molecule has 1 atom stereocenters. The van der Waals surface area contributed by atoms with Gasteiger partial charge in [-0.1, -0.05) is 12.1 Å². The molecule has 4 rings (SSSR count). The molecule has 3 heterocycles. The van der Waals surface area contributed by atoms with Gasteiger partial charge in [-0.05, 0) is 23.6 Å². The van der Waals surface area contributed by atoms with E-state index in [0.29, 0.717) is 6.61 Å². The van der Waals surface area contributed by atoms with Crippen LogP contribution in [0.1, 0.15) is 11.1 Å². The summed E-state index contributed by atoms with van der Waals surface area (Å²) in [6.07, 6.45) is 1.74. The second-order valence-electron chi connectivity index (χ2n) is 6.89. The van der Waals surface area contributed by atoms with Crippen molar-refractivity contribution in [2.24, 2.45) is 0 Å². The third-order valence-corrected chi connectivity index (χ3v) is 6.16. The van der Waals surface area contributed by atoms with Crippen LogP contribution in [0.25, 0.3) is 0 Å². The number of rotatable bonds is 4. The number of hydrogen-bond acceptors (Lipinski definition) is 5. The molecule has 0 spiro atoms. The van der Waals surface area contributed by atoms with Crippen molar-refractivity contribution in [1.82, 2.24) is 9.80 Å². The first-order valence-corrected chi connectivity index (χ1v) is 10.4. The number of hydrogen-bond donors (Lipinski definition) is 0. The second kappa shape index (κ2) is 7.98. The molecule has 5 nitrogen and oxygen atoms in total. The highest BCUT2D eigenvalue weighted by Crippen LogP contribution is 2.26. The van der Waals surface area contributed by atoms with E-state index in [4.69, 9.17) is 9.47 Å². The molecular weight excluding hydrogens is 336 g/mol. The summed E-state index contributed by atoms with van der Waals surface area (Å²) in [5.74, 6) is 3.31.